The summed E-state index contributed by atoms with van der Waals surface area (Å²) >= 11 is 0. The number of hydrogen-bond acceptors (Lipinski definition) is 3. The second-order valence-electron chi connectivity index (χ2n) is 2.31. The molecule has 0 fully saturated rings. The highest BCUT2D eigenvalue weighted by atomic mass is 16.3. The van der Waals surface area contributed by atoms with Gasteiger partial charge in [-0.05, 0) is 6.42 Å². The van der Waals surface area contributed by atoms with Gasteiger partial charge < -0.3 is 5.11 Å². The Morgan fingerprint density at radius 2 is 2.08 bits per heavy atom. The third-order valence-electron chi connectivity index (χ3n) is 1.52. The summed E-state index contributed by atoms with van der Waals surface area (Å²) < 4.78 is 0. The van der Waals surface area contributed by atoms with Gasteiger partial charge in [-0.3, -0.25) is 14.9 Å². The van der Waals surface area contributed by atoms with Crippen molar-refractivity contribution in [2.24, 2.45) is 0 Å². The van der Waals surface area contributed by atoms with Crippen molar-refractivity contribution in [1.82, 2.24) is 5.32 Å². The zero-order chi connectivity index (χ0) is 9.14. The SMILES string of the molecule is C#CCCC1=C(O)C(=O)NC1=O. The van der Waals surface area contributed by atoms with Gasteiger partial charge in [0, 0.05) is 6.42 Å². The molecule has 4 nitrogen and oxygen atoms in total. The summed E-state index contributed by atoms with van der Waals surface area (Å²) in [7, 11) is 0. The molecule has 0 radical (unpaired) electrons. The molecule has 1 rings (SSSR count). The molecule has 62 valence electrons. The topological polar surface area (TPSA) is 66.4 Å². The van der Waals surface area contributed by atoms with Gasteiger partial charge in [-0.1, -0.05) is 0 Å². The van der Waals surface area contributed by atoms with Crippen molar-refractivity contribution in [1.29, 1.82) is 0 Å². The molecule has 0 saturated heterocycles. The lowest BCUT2D eigenvalue weighted by Gasteiger charge is -1.93. The summed E-state index contributed by atoms with van der Waals surface area (Å²) in [5.74, 6) is 0.518. The summed E-state index contributed by atoms with van der Waals surface area (Å²) in [6.45, 7) is 0. The standard InChI is InChI=1S/C8H7NO3/c1-2-3-4-5-6(10)8(12)9-7(5)11/h1H,3-4H2,(H2,9,10,11,12). The van der Waals surface area contributed by atoms with Gasteiger partial charge in [0.05, 0.1) is 5.57 Å². The number of hydrogen-bond donors (Lipinski definition) is 2. The lowest BCUT2D eigenvalue weighted by atomic mass is 10.1. The molecular weight excluding hydrogens is 158 g/mol. The van der Waals surface area contributed by atoms with Crippen LogP contribution >= 0.6 is 0 Å². The molecular formula is C8H7NO3. The maximum absolute atomic E-state index is 10.9. The van der Waals surface area contributed by atoms with Crippen molar-refractivity contribution in [3.63, 3.8) is 0 Å². The van der Waals surface area contributed by atoms with Gasteiger partial charge in [-0.25, -0.2) is 0 Å². The number of imide groups is 1. The van der Waals surface area contributed by atoms with Crippen LogP contribution in [0.15, 0.2) is 11.3 Å². The summed E-state index contributed by atoms with van der Waals surface area (Å²) in [6.07, 6.45) is 5.53. The van der Waals surface area contributed by atoms with Gasteiger partial charge in [-0.2, -0.15) is 0 Å². The lowest BCUT2D eigenvalue weighted by molar-refractivity contribution is -0.125. The van der Waals surface area contributed by atoms with Crippen LogP contribution in [0.3, 0.4) is 0 Å². The van der Waals surface area contributed by atoms with Crippen molar-refractivity contribution in [3.8, 4) is 12.3 Å². The molecule has 0 aromatic rings. The average Bonchev–Trinajstić information content (AvgIpc) is 2.25. The smallest absolute Gasteiger partial charge is 0.293 e. The molecule has 0 atom stereocenters. The molecule has 0 aromatic carbocycles. The van der Waals surface area contributed by atoms with E-state index in [4.69, 9.17) is 11.5 Å². The van der Waals surface area contributed by atoms with Crippen LogP contribution in [0, 0.1) is 12.3 Å². The highest BCUT2D eigenvalue weighted by Crippen LogP contribution is 2.14. The van der Waals surface area contributed by atoms with Gasteiger partial charge in [0.2, 0.25) is 0 Å². The van der Waals surface area contributed by atoms with E-state index in [1.54, 1.807) is 0 Å². The van der Waals surface area contributed by atoms with Gasteiger partial charge in [-0.15, -0.1) is 12.3 Å². The molecule has 12 heavy (non-hydrogen) atoms. The molecule has 1 aliphatic heterocycles. The molecule has 1 aliphatic rings. The van der Waals surface area contributed by atoms with E-state index in [-0.39, 0.29) is 12.0 Å². The van der Waals surface area contributed by atoms with Crippen LogP contribution in [0.2, 0.25) is 0 Å². The fraction of sp³-hybridized carbons (Fsp3) is 0.250. The fourth-order valence-electron chi connectivity index (χ4n) is 0.911. The van der Waals surface area contributed by atoms with E-state index in [9.17, 15) is 9.59 Å². The van der Waals surface area contributed by atoms with E-state index in [1.807, 2.05) is 5.32 Å². The van der Waals surface area contributed by atoms with E-state index in [0.717, 1.165) is 0 Å². The average molecular weight is 165 g/mol. The maximum atomic E-state index is 10.9. The number of carbonyl (C=O) groups is 2. The van der Waals surface area contributed by atoms with E-state index >= 15 is 0 Å². The first-order valence-electron chi connectivity index (χ1n) is 3.38. The number of amides is 2. The minimum Gasteiger partial charge on any atom is -0.503 e. The molecule has 4 heteroatoms. The Bertz CT molecular complexity index is 309. The minimum atomic E-state index is -0.743. The zero-order valence-corrected chi connectivity index (χ0v) is 6.26. The normalized spacial score (nSPS) is 16.2. The van der Waals surface area contributed by atoms with Crippen molar-refractivity contribution in [2.45, 2.75) is 12.8 Å². The Labute approximate surface area is 69.3 Å². The van der Waals surface area contributed by atoms with Crippen molar-refractivity contribution < 1.29 is 14.7 Å². The summed E-state index contributed by atoms with van der Waals surface area (Å²) in [4.78, 5) is 21.5. The fourth-order valence-corrected chi connectivity index (χ4v) is 0.911. The van der Waals surface area contributed by atoms with Crippen LogP contribution in [0.4, 0.5) is 0 Å². The summed E-state index contributed by atoms with van der Waals surface area (Å²) in [5, 5.41) is 11.0. The predicted molar refractivity (Wildman–Crippen MR) is 40.9 cm³/mol. The number of nitrogens with one attached hydrogen (secondary N) is 1. The molecule has 0 bridgehead atoms. The van der Waals surface area contributed by atoms with Gasteiger partial charge in [0.25, 0.3) is 11.8 Å². The van der Waals surface area contributed by atoms with E-state index in [0.29, 0.717) is 6.42 Å². The molecule has 0 unspecified atom stereocenters. The van der Waals surface area contributed by atoms with E-state index in [2.05, 4.69) is 5.92 Å². The molecule has 0 aliphatic carbocycles. The monoisotopic (exact) mass is 165 g/mol. The Kier molecular flexibility index (Phi) is 2.15. The third-order valence-corrected chi connectivity index (χ3v) is 1.52. The minimum absolute atomic E-state index is 0.0814. The second-order valence-corrected chi connectivity index (χ2v) is 2.31. The Morgan fingerprint density at radius 1 is 1.42 bits per heavy atom. The van der Waals surface area contributed by atoms with Gasteiger partial charge in [0.1, 0.15) is 0 Å². The van der Waals surface area contributed by atoms with Gasteiger partial charge in [0.15, 0.2) is 5.76 Å². The van der Waals surface area contributed by atoms with Gasteiger partial charge >= 0.3 is 0 Å². The second kappa shape index (κ2) is 3.09. The number of rotatable bonds is 2. The Hall–Kier alpha value is -1.76. The first-order chi connectivity index (χ1) is 5.66. The van der Waals surface area contributed by atoms with Crippen molar-refractivity contribution in [2.75, 3.05) is 0 Å². The maximum Gasteiger partial charge on any atom is 0.293 e. The molecule has 1 heterocycles. The predicted octanol–water partition coefficient (Wildman–Crippen LogP) is -0.132. The summed E-state index contributed by atoms with van der Waals surface area (Å²) in [6, 6.07) is 0. The van der Waals surface area contributed by atoms with Crippen LogP contribution in [0.1, 0.15) is 12.8 Å². The molecule has 0 saturated carbocycles. The highest BCUT2D eigenvalue weighted by molar-refractivity contribution is 6.18. The van der Waals surface area contributed by atoms with Crippen molar-refractivity contribution >= 4 is 11.8 Å². The Morgan fingerprint density at radius 3 is 2.50 bits per heavy atom. The number of aliphatic hydroxyl groups is 1. The van der Waals surface area contributed by atoms with E-state index in [1.165, 1.54) is 0 Å². The number of aliphatic hydroxyl groups excluding tert-OH is 1. The molecule has 0 spiro atoms. The lowest BCUT2D eigenvalue weighted by Crippen LogP contribution is -2.23. The van der Waals surface area contributed by atoms with Crippen LogP contribution in [0.25, 0.3) is 0 Å². The molecule has 2 amide bonds. The molecule has 0 aromatic heterocycles. The number of terminal acetylenes is 1. The first-order valence-corrected chi connectivity index (χ1v) is 3.38. The quantitative estimate of drug-likeness (QED) is 0.442. The Balaban J connectivity index is 2.80. The highest BCUT2D eigenvalue weighted by Gasteiger charge is 2.28. The van der Waals surface area contributed by atoms with Crippen LogP contribution in [0.5, 0.6) is 0 Å². The van der Waals surface area contributed by atoms with Crippen LogP contribution in [-0.4, -0.2) is 16.9 Å². The van der Waals surface area contributed by atoms with Crippen LogP contribution in [-0.2, 0) is 9.59 Å². The third kappa shape index (κ3) is 1.30. The molecule has 2 N–H and O–H groups in total. The van der Waals surface area contributed by atoms with Crippen LogP contribution < -0.4 is 5.32 Å². The largest absolute Gasteiger partial charge is 0.503 e. The zero-order valence-electron chi connectivity index (χ0n) is 6.26. The van der Waals surface area contributed by atoms with Crippen molar-refractivity contribution in [3.05, 3.63) is 11.3 Å². The number of carbonyl (C=O) groups excluding carboxylic acids is 2. The first kappa shape index (κ1) is 8.34. The van der Waals surface area contributed by atoms with E-state index < -0.39 is 17.6 Å². The summed E-state index contributed by atoms with van der Waals surface area (Å²) in [5.41, 5.74) is 0.0814.